The summed E-state index contributed by atoms with van der Waals surface area (Å²) in [5.74, 6) is 1.01. The van der Waals surface area contributed by atoms with E-state index < -0.39 is 0 Å². The molecule has 0 spiro atoms. The van der Waals surface area contributed by atoms with Crippen molar-refractivity contribution >= 4 is 0 Å². The van der Waals surface area contributed by atoms with Gasteiger partial charge in [-0.2, -0.15) is 0 Å². The summed E-state index contributed by atoms with van der Waals surface area (Å²) in [5.41, 5.74) is 1.22. The van der Waals surface area contributed by atoms with Gasteiger partial charge in [0.25, 0.3) is 0 Å². The van der Waals surface area contributed by atoms with Gasteiger partial charge in [-0.15, -0.1) is 0 Å². The molecule has 1 rings (SSSR count). The molecule has 0 aliphatic carbocycles. The van der Waals surface area contributed by atoms with Crippen LogP contribution in [0.4, 0.5) is 0 Å². The Labute approximate surface area is 123 Å². The number of unbranched alkanes of at least 4 members (excludes halogenated alkanes) is 4. The predicted molar refractivity (Wildman–Crippen MR) is 84.3 cm³/mol. The van der Waals surface area contributed by atoms with Crippen molar-refractivity contribution in [3.8, 4) is 5.75 Å². The van der Waals surface area contributed by atoms with E-state index in [0.717, 1.165) is 38.5 Å². The van der Waals surface area contributed by atoms with Crippen LogP contribution in [0.25, 0.3) is 0 Å². The lowest BCUT2D eigenvalue weighted by atomic mass is 10.1. The topological polar surface area (TPSA) is 30.5 Å². The van der Waals surface area contributed by atoms with Gasteiger partial charge in [0.2, 0.25) is 0 Å². The Morgan fingerprint density at radius 2 is 1.80 bits per heavy atom. The second-order valence-corrected chi connectivity index (χ2v) is 5.04. The molecule has 3 nitrogen and oxygen atoms in total. The van der Waals surface area contributed by atoms with Gasteiger partial charge < -0.3 is 14.8 Å². The third-order valence-electron chi connectivity index (χ3n) is 3.28. The molecular weight excluding hydrogens is 250 g/mol. The van der Waals surface area contributed by atoms with Crippen LogP contribution in [0.15, 0.2) is 24.3 Å². The molecule has 0 radical (unpaired) electrons. The van der Waals surface area contributed by atoms with Crippen molar-refractivity contribution in [2.45, 2.75) is 45.6 Å². The Kier molecular flexibility index (Phi) is 9.98. The van der Waals surface area contributed by atoms with Crippen molar-refractivity contribution in [1.82, 2.24) is 5.32 Å². The van der Waals surface area contributed by atoms with E-state index in [1.165, 1.54) is 31.2 Å². The molecule has 3 heteroatoms. The average molecular weight is 279 g/mol. The maximum absolute atomic E-state index is 5.90. The Hall–Kier alpha value is -1.06. The Morgan fingerprint density at radius 1 is 1.00 bits per heavy atom. The Balaban J connectivity index is 2.26. The van der Waals surface area contributed by atoms with Gasteiger partial charge in [-0.1, -0.05) is 50.8 Å². The maximum atomic E-state index is 5.90. The molecule has 0 bridgehead atoms. The number of benzene rings is 1. The second kappa shape index (κ2) is 11.7. The van der Waals surface area contributed by atoms with Crippen LogP contribution < -0.4 is 10.1 Å². The highest BCUT2D eigenvalue weighted by molar-refractivity contribution is 5.33. The number of methoxy groups -OCH3 is 1. The van der Waals surface area contributed by atoms with Crippen LogP contribution in [0.1, 0.15) is 44.6 Å². The zero-order chi connectivity index (χ0) is 14.5. The number of nitrogens with one attached hydrogen (secondary N) is 1. The molecule has 1 aromatic carbocycles. The fraction of sp³-hybridized carbons (Fsp3) is 0.647. The monoisotopic (exact) mass is 279 g/mol. The van der Waals surface area contributed by atoms with Crippen LogP contribution in [-0.2, 0) is 11.3 Å². The van der Waals surface area contributed by atoms with Gasteiger partial charge in [-0.25, -0.2) is 0 Å². The summed E-state index contributed by atoms with van der Waals surface area (Å²) in [6, 6.07) is 8.26. The zero-order valence-electron chi connectivity index (χ0n) is 13.0. The SMILES string of the molecule is CCCCCCCOc1ccccc1CNCCOC. The summed E-state index contributed by atoms with van der Waals surface area (Å²) in [5, 5.41) is 3.36. The molecule has 20 heavy (non-hydrogen) atoms. The van der Waals surface area contributed by atoms with Gasteiger partial charge in [0.05, 0.1) is 13.2 Å². The third kappa shape index (κ3) is 7.51. The smallest absolute Gasteiger partial charge is 0.123 e. The molecule has 1 aromatic rings. The van der Waals surface area contributed by atoms with Crippen LogP contribution in [0.5, 0.6) is 5.75 Å². The molecule has 0 atom stereocenters. The lowest BCUT2D eigenvalue weighted by Gasteiger charge is -2.12. The van der Waals surface area contributed by atoms with E-state index in [-0.39, 0.29) is 0 Å². The van der Waals surface area contributed by atoms with E-state index in [0.29, 0.717) is 0 Å². The van der Waals surface area contributed by atoms with E-state index >= 15 is 0 Å². The predicted octanol–water partition coefficient (Wildman–Crippen LogP) is 3.77. The number of hydrogen-bond acceptors (Lipinski definition) is 3. The highest BCUT2D eigenvalue weighted by Crippen LogP contribution is 2.18. The number of rotatable bonds is 12. The number of hydrogen-bond donors (Lipinski definition) is 1. The van der Waals surface area contributed by atoms with Crippen LogP contribution in [0.2, 0.25) is 0 Å². The maximum Gasteiger partial charge on any atom is 0.123 e. The first-order valence-corrected chi connectivity index (χ1v) is 7.78. The van der Waals surface area contributed by atoms with Gasteiger partial charge >= 0.3 is 0 Å². The average Bonchev–Trinajstić information content (AvgIpc) is 2.48. The summed E-state index contributed by atoms with van der Waals surface area (Å²) in [6.45, 7) is 5.49. The molecule has 0 heterocycles. The van der Waals surface area contributed by atoms with Crippen molar-refractivity contribution in [2.24, 2.45) is 0 Å². The summed E-state index contributed by atoms with van der Waals surface area (Å²) >= 11 is 0. The van der Waals surface area contributed by atoms with Gasteiger partial charge in [-0.3, -0.25) is 0 Å². The molecule has 0 saturated heterocycles. The first-order chi connectivity index (χ1) is 9.88. The fourth-order valence-electron chi connectivity index (χ4n) is 2.08. The first kappa shape index (κ1) is 17.0. The number of ether oxygens (including phenoxy) is 2. The summed E-state index contributed by atoms with van der Waals surface area (Å²) in [6.07, 6.45) is 6.35. The fourth-order valence-corrected chi connectivity index (χ4v) is 2.08. The van der Waals surface area contributed by atoms with Crippen molar-refractivity contribution in [3.05, 3.63) is 29.8 Å². The van der Waals surface area contributed by atoms with Crippen molar-refractivity contribution in [1.29, 1.82) is 0 Å². The lowest BCUT2D eigenvalue weighted by Crippen LogP contribution is -2.19. The minimum absolute atomic E-state index is 0.737. The molecule has 114 valence electrons. The van der Waals surface area contributed by atoms with E-state index in [9.17, 15) is 0 Å². The highest BCUT2D eigenvalue weighted by Gasteiger charge is 2.02. The summed E-state index contributed by atoms with van der Waals surface area (Å²) in [4.78, 5) is 0. The normalized spacial score (nSPS) is 10.7. The minimum atomic E-state index is 0.737. The molecular formula is C17H29NO2. The second-order valence-electron chi connectivity index (χ2n) is 5.04. The molecule has 0 fully saturated rings. The summed E-state index contributed by atoms with van der Waals surface area (Å²) < 4.78 is 10.9. The lowest BCUT2D eigenvalue weighted by molar-refractivity contribution is 0.199. The van der Waals surface area contributed by atoms with Crippen LogP contribution in [-0.4, -0.2) is 26.9 Å². The van der Waals surface area contributed by atoms with Crippen molar-refractivity contribution in [3.63, 3.8) is 0 Å². The minimum Gasteiger partial charge on any atom is -0.493 e. The summed E-state index contributed by atoms with van der Waals surface area (Å²) in [7, 11) is 1.72. The highest BCUT2D eigenvalue weighted by atomic mass is 16.5. The zero-order valence-corrected chi connectivity index (χ0v) is 13.0. The number of para-hydroxylation sites is 1. The van der Waals surface area contributed by atoms with Crippen LogP contribution in [0.3, 0.4) is 0 Å². The van der Waals surface area contributed by atoms with Gasteiger partial charge in [0.1, 0.15) is 5.75 Å². The third-order valence-corrected chi connectivity index (χ3v) is 3.28. The quantitative estimate of drug-likeness (QED) is 0.591. The standard InChI is InChI=1S/C17H29NO2/c1-3-4-5-6-9-13-20-17-11-8-7-10-16(17)15-18-12-14-19-2/h7-8,10-11,18H,3-6,9,12-15H2,1-2H3. The van der Waals surface area contributed by atoms with Gasteiger partial charge in [-0.05, 0) is 12.5 Å². The van der Waals surface area contributed by atoms with E-state index in [1.54, 1.807) is 7.11 Å². The van der Waals surface area contributed by atoms with Crippen LogP contribution >= 0.6 is 0 Å². The Morgan fingerprint density at radius 3 is 2.60 bits per heavy atom. The van der Waals surface area contributed by atoms with Crippen LogP contribution in [0, 0.1) is 0 Å². The van der Waals surface area contributed by atoms with Gasteiger partial charge in [0.15, 0.2) is 0 Å². The largest absolute Gasteiger partial charge is 0.493 e. The first-order valence-electron chi connectivity index (χ1n) is 7.78. The molecule has 1 N–H and O–H groups in total. The van der Waals surface area contributed by atoms with E-state index in [1.807, 2.05) is 6.07 Å². The van der Waals surface area contributed by atoms with Crippen molar-refractivity contribution < 1.29 is 9.47 Å². The molecule has 0 aromatic heterocycles. The van der Waals surface area contributed by atoms with Crippen molar-refractivity contribution in [2.75, 3.05) is 26.9 Å². The molecule has 0 aliphatic rings. The van der Waals surface area contributed by atoms with E-state index in [4.69, 9.17) is 9.47 Å². The van der Waals surface area contributed by atoms with Gasteiger partial charge in [0, 0.05) is 25.8 Å². The van der Waals surface area contributed by atoms with E-state index in [2.05, 4.69) is 30.4 Å². The Bertz CT molecular complexity index is 342. The molecule has 0 saturated carbocycles. The molecule has 0 amide bonds. The molecule has 0 unspecified atom stereocenters. The molecule has 0 aliphatic heterocycles.